The minimum Gasteiger partial charge on any atom is -0.353 e. The second-order valence-electron chi connectivity index (χ2n) is 9.85. The fourth-order valence-electron chi connectivity index (χ4n) is 5.03. The van der Waals surface area contributed by atoms with Crippen molar-refractivity contribution in [3.8, 4) is 0 Å². The van der Waals surface area contributed by atoms with Gasteiger partial charge in [-0.2, -0.15) is 13.2 Å². The van der Waals surface area contributed by atoms with Crippen molar-refractivity contribution in [2.75, 3.05) is 19.6 Å². The van der Waals surface area contributed by atoms with Crippen molar-refractivity contribution >= 4 is 5.91 Å². The van der Waals surface area contributed by atoms with Crippen LogP contribution in [0.4, 0.5) is 17.6 Å². The van der Waals surface area contributed by atoms with Crippen LogP contribution in [0.5, 0.6) is 0 Å². The third kappa shape index (κ3) is 5.81. The number of benzene rings is 2. The Morgan fingerprint density at radius 2 is 1.78 bits per heavy atom. The molecule has 0 bridgehead atoms. The van der Waals surface area contributed by atoms with Gasteiger partial charge in [-0.1, -0.05) is 18.2 Å². The summed E-state index contributed by atoms with van der Waals surface area (Å²) in [6.07, 6.45) is -2.45. The molecule has 0 saturated carbocycles. The molecule has 2 atom stereocenters. The van der Waals surface area contributed by atoms with Gasteiger partial charge in [0.05, 0.1) is 5.56 Å². The summed E-state index contributed by atoms with van der Waals surface area (Å²) in [7, 11) is 1.97. The van der Waals surface area contributed by atoms with Gasteiger partial charge in [0, 0.05) is 62.6 Å². The van der Waals surface area contributed by atoms with Gasteiger partial charge in [-0.15, -0.1) is 0 Å². The van der Waals surface area contributed by atoms with E-state index >= 15 is 0 Å². The molecule has 0 radical (unpaired) electrons. The molecule has 1 aliphatic rings. The third-order valence-electron chi connectivity index (χ3n) is 7.00. The van der Waals surface area contributed by atoms with Crippen molar-refractivity contribution in [1.82, 2.24) is 14.4 Å². The average Bonchev–Trinajstić information content (AvgIpc) is 3.42. The highest BCUT2D eigenvalue weighted by atomic mass is 19.4. The van der Waals surface area contributed by atoms with E-state index < -0.39 is 17.6 Å². The zero-order valence-electron chi connectivity index (χ0n) is 20.7. The van der Waals surface area contributed by atoms with E-state index in [9.17, 15) is 22.4 Å². The number of alkyl halides is 3. The molecule has 0 unspecified atom stereocenters. The molecule has 8 heteroatoms. The van der Waals surface area contributed by atoms with Crippen molar-refractivity contribution in [2.45, 2.75) is 38.5 Å². The first-order valence-corrected chi connectivity index (χ1v) is 12.1. The van der Waals surface area contributed by atoms with Crippen molar-refractivity contribution in [2.24, 2.45) is 13.0 Å². The van der Waals surface area contributed by atoms with E-state index in [4.69, 9.17) is 0 Å². The van der Waals surface area contributed by atoms with E-state index in [0.717, 1.165) is 11.8 Å². The minimum absolute atomic E-state index is 0.0689. The summed E-state index contributed by atoms with van der Waals surface area (Å²) in [5, 5.41) is 0. The van der Waals surface area contributed by atoms with Crippen molar-refractivity contribution in [1.29, 1.82) is 0 Å². The first-order valence-electron chi connectivity index (χ1n) is 12.1. The van der Waals surface area contributed by atoms with E-state index in [1.165, 1.54) is 36.4 Å². The van der Waals surface area contributed by atoms with Crippen LogP contribution in [0.3, 0.4) is 0 Å². The summed E-state index contributed by atoms with van der Waals surface area (Å²) in [5.41, 5.74) is 1.46. The number of carbonyl (C=O) groups excluding carboxylic acids is 1. The average molecular weight is 502 g/mol. The maximum absolute atomic E-state index is 13.5. The van der Waals surface area contributed by atoms with Gasteiger partial charge in [0.15, 0.2) is 0 Å². The van der Waals surface area contributed by atoms with Crippen LogP contribution in [-0.4, -0.2) is 46.0 Å². The standard InChI is InChI=1S/C28H31F4N3O/c1-19(2)35(27(36)20-9-11-24(29)12-10-20)16-22-15-34(17-25-8-5-13-33(25)3)18-26(22)21-6-4-7-23(14-21)28(30,31)32/h4-14,19,22,26H,15-18H2,1-3H3/t22-,26-/m0/s1. The molecule has 0 aliphatic carbocycles. The number of aryl methyl sites for hydroxylation is 1. The molecule has 1 amide bonds. The summed E-state index contributed by atoms with van der Waals surface area (Å²) in [6, 6.07) is 14.9. The SMILES string of the molecule is CC(C)N(C[C@@H]1CN(Cc2cccn2C)C[C@H]1c1cccc(C(F)(F)F)c1)C(=O)c1ccc(F)cc1. The zero-order valence-corrected chi connectivity index (χ0v) is 20.7. The third-order valence-corrected chi connectivity index (χ3v) is 7.00. The number of hydrogen-bond acceptors (Lipinski definition) is 2. The largest absolute Gasteiger partial charge is 0.416 e. The molecule has 1 aromatic heterocycles. The lowest BCUT2D eigenvalue weighted by Gasteiger charge is -2.32. The maximum atomic E-state index is 13.5. The minimum atomic E-state index is -4.42. The summed E-state index contributed by atoms with van der Waals surface area (Å²) < 4.78 is 55.9. The number of aromatic nitrogens is 1. The van der Waals surface area contributed by atoms with Gasteiger partial charge in [-0.05, 0) is 67.8 Å². The number of halogens is 4. The van der Waals surface area contributed by atoms with E-state index in [1.807, 2.05) is 43.8 Å². The lowest BCUT2D eigenvalue weighted by Crippen LogP contribution is -2.42. The highest BCUT2D eigenvalue weighted by molar-refractivity contribution is 5.94. The first-order chi connectivity index (χ1) is 17.0. The lowest BCUT2D eigenvalue weighted by atomic mass is 9.87. The summed E-state index contributed by atoms with van der Waals surface area (Å²) in [5.74, 6) is -0.872. The quantitative estimate of drug-likeness (QED) is 0.375. The summed E-state index contributed by atoms with van der Waals surface area (Å²) in [6.45, 7) is 6.12. The molecule has 1 fully saturated rings. The van der Waals surface area contributed by atoms with E-state index in [1.54, 1.807) is 11.0 Å². The maximum Gasteiger partial charge on any atom is 0.416 e. The molecule has 2 heterocycles. The molecule has 2 aromatic carbocycles. The van der Waals surface area contributed by atoms with Gasteiger partial charge < -0.3 is 9.47 Å². The Balaban J connectivity index is 1.63. The van der Waals surface area contributed by atoms with Crippen LogP contribution < -0.4 is 0 Å². The first kappa shape index (κ1) is 25.9. The van der Waals surface area contributed by atoms with Gasteiger partial charge in [0.2, 0.25) is 0 Å². The Kier molecular flexibility index (Phi) is 7.54. The van der Waals surface area contributed by atoms with E-state index in [-0.39, 0.29) is 23.8 Å². The van der Waals surface area contributed by atoms with Gasteiger partial charge in [0.25, 0.3) is 5.91 Å². The van der Waals surface area contributed by atoms with Crippen LogP contribution >= 0.6 is 0 Å². The van der Waals surface area contributed by atoms with E-state index in [0.29, 0.717) is 37.3 Å². The van der Waals surface area contributed by atoms with Crippen LogP contribution in [0.15, 0.2) is 66.9 Å². The molecule has 1 aliphatic heterocycles. The van der Waals surface area contributed by atoms with Crippen LogP contribution in [0.1, 0.15) is 46.9 Å². The predicted octanol–water partition coefficient (Wildman–Crippen LogP) is 5.95. The fraction of sp³-hybridized carbons (Fsp3) is 0.393. The second-order valence-corrected chi connectivity index (χ2v) is 9.85. The van der Waals surface area contributed by atoms with Crippen LogP contribution in [-0.2, 0) is 19.8 Å². The molecule has 0 N–H and O–H groups in total. The molecule has 4 rings (SSSR count). The van der Waals surface area contributed by atoms with Gasteiger partial charge in [0.1, 0.15) is 5.82 Å². The molecular formula is C28H31F4N3O. The summed E-state index contributed by atoms with van der Waals surface area (Å²) >= 11 is 0. The van der Waals surface area contributed by atoms with Gasteiger partial charge >= 0.3 is 6.18 Å². The number of hydrogen-bond donors (Lipinski definition) is 0. The van der Waals surface area contributed by atoms with Crippen LogP contribution in [0.25, 0.3) is 0 Å². The smallest absolute Gasteiger partial charge is 0.353 e. The highest BCUT2D eigenvalue weighted by Crippen LogP contribution is 2.37. The number of carbonyl (C=O) groups is 1. The predicted molar refractivity (Wildman–Crippen MR) is 131 cm³/mol. The van der Waals surface area contributed by atoms with Crippen molar-refractivity contribution in [3.63, 3.8) is 0 Å². The normalized spacial score (nSPS) is 18.7. The monoisotopic (exact) mass is 501 g/mol. The molecule has 36 heavy (non-hydrogen) atoms. The fourth-order valence-corrected chi connectivity index (χ4v) is 5.03. The molecule has 4 nitrogen and oxygen atoms in total. The summed E-state index contributed by atoms with van der Waals surface area (Å²) in [4.78, 5) is 17.3. The zero-order chi connectivity index (χ0) is 26.0. The lowest BCUT2D eigenvalue weighted by molar-refractivity contribution is -0.137. The number of likely N-dealkylation sites (tertiary alicyclic amines) is 1. The molecule has 192 valence electrons. The number of amides is 1. The second kappa shape index (κ2) is 10.5. The topological polar surface area (TPSA) is 28.5 Å². The number of rotatable bonds is 7. The van der Waals surface area contributed by atoms with Gasteiger partial charge in [-0.3, -0.25) is 9.69 Å². The van der Waals surface area contributed by atoms with Crippen LogP contribution in [0, 0.1) is 11.7 Å². The molecule has 0 spiro atoms. The van der Waals surface area contributed by atoms with Gasteiger partial charge in [-0.25, -0.2) is 4.39 Å². The van der Waals surface area contributed by atoms with Crippen molar-refractivity contribution in [3.05, 3.63) is 95.1 Å². The van der Waals surface area contributed by atoms with Crippen molar-refractivity contribution < 1.29 is 22.4 Å². The number of nitrogens with zero attached hydrogens (tertiary/aromatic N) is 3. The molecule has 3 aromatic rings. The highest BCUT2D eigenvalue weighted by Gasteiger charge is 2.38. The Morgan fingerprint density at radius 3 is 2.39 bits per heavy atom. The molecular weight excluding hydrogens is 470 g/mol. The Labute approximate surface area is 209 Å². The Hall–Kier alpha value is -3.13. The Bertz CT molecular complexity index is 1190. The molecule has 1 saturated heterocycles. The van der Waals surface area contributed by atoms with Crippen LogP contribution in [0.2, 0.25) is 0 Å². The Morgan fingerprint density at radius 1 is 1.06 bits per heavy atom. The van der Waals surface area contributed by atoms with E-state index in [2.05, 4.69) is 4.90 Å².